The molecule has 0 aliphatic rings. The van der Waals surface area contributed by atoms with E-state index in [4.69, 9.17) is 8.37 Å². The maximum Gasteiger partial charge on any atom is 0.304 e. The van der Waals surface area contributed by atoms with Crippen LogP contribution < -0.4 is 0 Å². The van der Waals surface area contributed by atoms with Crippen LogP contribution in [0.2, 0.25) is 0 Å². The molecule has 72 valence electrons. The van der Waals surface area contributed by atoms with Gasteiger partial charge in [0, 0.05) is 0 Å². The molecule has 0 radical (unpaired) electrons. The van der Waals surface area contributed by atoms with Crippen molar-refractivity contribution in [2.45, 2.75) is 26.2 Å². The first kappa shape index (κ1) is 11.8. The third-order valence-electron chi connectivity index (χ3n) is 1.21. The van der Waals surface area contributed by atoms with Crippen molar-refractivity contribution in [1.29, 1.82) is 0 Å². The highest BCUT2D eigenvalue weighted by molar-refractivity contribution is 7.75. The van der Waals surface area contributed by atoms with Gasteiger partial charge in [-0.05, 0) is 6.42 Å². The van der Waals surface area contributed by atoms with Crippen LogP contribution in [-0.4, -0.2) is 17.4 Å². The molecule has 12 heavy (non-hydrogen) atoms. The molecule has 0 saturated heterocycles. The first-order chi connectivity index (χ1) is 5.81. The Morgan fingerprint density at radius 3 is 2.75 bits per heavy atom. The monoisotopic (exact) mass is 192 g/mol. The van der Waals surface area contributed by atoms with Crippen LogP contribution in [0.15, 0.2) is 12.7 Å². The highest BCUT2D eigenvalue weighted by Crippen LogP contribution is 1.97. The summed E-state index contributed by atoms with van der Waals surface area (Å²) >= 11 is -1.59. The lowest BCUT2D eigenvalue weighted by atomic mass is 10.3. The molecule has 1 unspecified atom stereocenters. The second-order valence-electron chi connectivity index (χ2n) is 2.31. The first-order valence-electron chi connectivity index (χ1n) is 4.10. The van der Waals surface area contributed by atoms with E-state index in [2.05, 4.69) is 13.5 Å². The van der Waals surface area contributed by atoms with Gasteiger partial charge in [-0.3, -0.25) is 8.37 Å². The van der Waals surface area contributed by atoms with Crippen LogP contribution in [0.3, 0.4) is 0 Å². The summed E-state index contributed by atoms with van der Waals surface area (Å²) in [5, 5.41) is 0. The average Bonchev–Trinajstić information content (AvgIpc) is 2.09. The number of rotatable bonds is 8. The molecular formula is C8H16O3S. The summed E-state index contributed by atoms with van der Waals surface area (Å²) in [6.07, 6.45) is 4.69. The molecule has 1 atom stereocenters. The number of hydrogen-bond donors (Lipinski definition) is 0. The Balaban J connectivity index is 3.13. The van der Waals surface area contributed by atoms with E-state index in [1.54, 1.807) is 0 Å². The van der Waals surface area contributed by atoms with Crippen molar-refractivity contribution in [2.24, 2.45) is 0 Å². The van der Waals surface area contributed by atoms with Crippen LogP contribution in [0.4, 0.5) is 0 Å². The van der Waals surface area contributed by atoms with E-state index in [-0.39, 0.29) is 6.61 Å². The Hall–Kier alpha value is -0.190. The van der Waals surface area contributed by atoms with Crippen molar-refractivity contribution in [1.82, 2.24) is 0 Å². The van der Waals surface area contributed by atoms with Gasteiger partial charge in [-0.1, -0.05) is 25.8 Å². The van der Waals surface area contributed by atoms with Gasteiger partial charge in [-0.25, -0.2) is 0 Å². The van der Waals surface area contributed by atoms with Crippen LogP contribution >= 0.6 is 0 Å². The van der Waals surface area contributed by atoms with Crippen LogP contribution in [0.1, 0.15) is 26.2 Å². The van der Waals surface area contributed by atoms with Gasteiger partial charge in [-0.2, -0.15) is 4.21 Å². The van der Waals surface area contributed by atoms with Crippen molar-refractivity contribution < 1.29 is 12.6 Å². The summed E-state index contributed by atoms with van der Waals surface area (Å²) in [5.74, 6) is 0. The van der Waals surface area contributed by atoms with Gasteiger partial charge < -0.3 is 0 Å². The molecule has 0 aromatic rings. The van der Waals surface area contributed by atoms with E-state index < -0.39 is 11.4 Å². The van der Waals surface area contributed by atoms with Gasteiger partial charge >= 0.3 is 11.4 Å². The van der Waals surface area contributed by atoms with E-state index >= 15 is 0 Å². The molecule has 0 aliphatic carbocycles. The standard InChI is InChI=1S/C8H16O3S/c1-3-5-6-8-11-12(9)10-7-4-2/h4H,2-3,5-8H2,1H3. The van der Waals surface area contributed by atoms with Crippen molar-refractivity contribution in [3.8, 4) is 0 Å². The van der Waals surface area contributed by atoms with E-state index in [0.717, 1.165) is 19.3 Å². The maximum absolute atomic E-state index is 10.8. The Labute approximate surface area is 76.6 Å². The molecule has 4 heteroatoms. The summed E-state index contributed by atoms with van der Waals surface area (Å²) in [6, 6.07) is 0. The molecule has 3 nitrogen and oxygen atoms in total. The number of unbranched alkanes of at least 4 members (excludes halogenated alkanes) is 2. The number of hydrogen-bond acceptors (Lipinski definition) is 3. The van der Waals surface area contributed by atoms with Crippen molar-refractivity contribution in [3.63, 3.8) is 0 Å². The molecule has 0 aliphatic heterocycles. The fourth-order valence-corrected chi connectivity index (χ4v) is 1.15. The fourth-order valence-electron chi connectivity index (χ4n) is 0.617. The van der Waals surface area contributed by atoms with Gasteiger partial charge in [0.25, 0.3) is 0 Å². The summed E-state index contributed by atoms with van der Waals surface area (Å²) in [4.78, 5) is 0. The molecule has 0 saturated carbocycles. The van der Waals surface area contributed by atoms with E-state index in [9.17, 15) is 4.21 Å². The topological polar surface area (TPSA) is 35.5 Å². The average molecular weight is 192 g/mol. The van der Waals surface area contributed by atoms with Crippen LogP contribution in [0.25, 0.3) is 0 Å². The summed E-state index contributed by atoms with van der Waals surface area (Å²) in [5.41, 5.74) is 0. The lowest BCUT2D eigenvalue weighted by molar-refractivity contribution is 0.261. The molecule has 0 spiro atoms. The lowest BCUT2D eigenvalue weighted by Crippen LogP contribution is -2.03. The summed E-state index contributed by atoms with van der Waals surface area (Å²) in [6.45, 7) is 6.29. The normalized spacial score (nSPS) is 12.8. The summed E-state index contributed by atoms with van der Waals surface area (Å²) < 4.78 is 20.3. The van der Waals surface area contributed by atoms with Crippen LogP contribution in [-0.2, 0) is 19.7 Å². The Morgan fingerprint density at radius 1 is 1.42 bits per heavy atom. The van der Waals surface area contributed by atoms with Crippen molar-refractivity contribution >= 4 is 11.4 Å². The van der Waals surface area contributed by atoms with Crippen LogP contribution in [0, 0.1) is 0 Å². The second kappa shape index (κ2) is 8.90. The Morgan fingerprint density at radius 2 is 2.17 bits per heavy atom. The molecule has 0 aromatic carbocycles. The quantitative estimate of drug-likeness (QED) is 0.435. The second-order valence-corrected chi connectivity index (χ2v) is 3.19. The minimum atomic E-state index is -1.59. The summed E-state index contributed by atoms with van der Waals surface area (Å²) in [7, 11) is 0. The zero-order valence-electron chi connectivity index (χ0n) is 7.45. The minimum Gasteiger partial charge on any atom is -0.268 e. The third kappa shape index (κ3) is 7.91. The van der Waals surface area contributed by atoms with Crippen LogP contribution in [0.5, 0.6) is 0 Å². The van der Waals surface area contributed by atoms with Gasteiger partial charge in [0.2, 0.25) is 0 Å². The van der Waals surface area contributed by atoms with Gasteiger partial charge in [-0.15, -0.1) is 6.58 Å². The Kier molecular flexibility index (Phi) is 8.76. The predicted octanol–water partition coefficient (Wildman–Crippen LogP) is 1.97. The highest BCUT2D eigenvalue weighted by Gasteiger charge is 1.97. The van der Waals surface area contributed by atoms with Crippen molar-refractivity contribution in [2.75, 3.05) is 13.2 Å². The molecule has 0 amide bonds. The maximum atomic E-state index is 10.8. The fraction of sp³-hybridized carbons (Fsp3) is 0.750. The zero-order chi connectivity index (χ0) is 9.23. The van der Waals surface area contributed by atoms with E-state index in [1.807, 2.05) is 0 Å². The Bertz CT molecular complexity index is 136. The van der Waals surface area contributed by atoms with Crippen molar-refractivity contribution in [3.05, 3.63) is 12.7 Å². The minimum absolute atomic E-state index is 0.264. The molecule has 0 heterocycles. The lowest BCUT2D eigenvalue weighted by Gasteiger charge is -2.00. The largest absolute Gasteiger partial charge is 0.304 e. The highest BCUT2D eigenvalue weighted by atomic mass is 32.2. The van der Waals surface area contributed by atoms with Gasteiger partial charge in [0.05, 0.1) is 13.2 Å². The van der Waals surface area contributed by atoms with E-state index in [1.165, 1.54) is 6.08 Å². The third-order valence-corrected chi connectivity index (χ3v) is 1.90. The smallest absolute Gasteiger partial charge is 0.268 e. The zero-order valence-corrected chi connectivity index (χ0v) is 8.27. The first-order valence-corrected chi connectivity index (χ1v) is 5.10. The van der Waals surface area contributed by atoms with E-state index in [0.29, 0.717) is 6.61 Å². The molecule has 0 aromatic heterocycles. The predicted molar refractivity (Wildman–Crippen MR) is 49.8 cm³/mol. The van der Waals surface area contributed by atoms with Gasteiger partial charge in [0.1, 0.15) is 0 Å². The molecular weight excluding hydrogens is 176 g/mol. The SMILES string of the molecule is C=CCOS(=O)OCCCCC. The molecule has 0 fully saturated rings. The molecule has 0 rings (SSSR count). The molecule has 0 bridgehead atoms. The molecule has 0 N–H and O–H groups in total. The van der Waals surface area contributed by atoms with Gasteiger partial charge in [0.15, 0.2) is 0 Å².